The van der Waals surface area contributed by atoms with Crippen molar-refractivity contribution in [2.45, 2.75) is 6.36 Å². The Labute approximate surface area is 137 Å². The van der Waals surface area contributed by atoms with Crippen LogP contribution >= 0.6 is 0 Å². The van der Waals surface area contributed by atoms with Crippen molar-refractivity contribution < 1.29 is 27.4 Å². The van der Waals surface area contributed by atoms with Gasteiger partial charge in [0.1, 0.15) is 5.75 Å². The Bertz CT molecular complexity index is 621. The van der Waals surface area contributed by atoms with E-state index in [4.69, 9.17) is 4.74 Å². The molecule has 132 valence electrons. The van der Waals surface area contributed by atoms with E-state index >= 15 is 0 Å². The van der Waals surface area contributed by atoms with Crippen molar-refractivity contribution in [2.75, 3.05) is 45.2 Å². The van der Waals surface area contributed by atoms with Gasteiger partial charge in [0, 0.05) is 32.2 Å². The largest absolute Gasteiger partial charge is 0.573 e. The van der Waals surface area contributed by atoms with Gasteiger partial charge in [-0.2, -0.15) is 0 Å². The predicted molar refractivity (Wildman–Crippen MR) is 81.2 cm³/mol. The highest BCUT2D eigenvalue weighted by Gasteiger charge is 2.40. The van der Waals surface area contributed by atoms with Crippen LogP contribution in [-0.4, -0.2) is 57.6 Å². The van der Waals surface area contributed by atoms with Crippen LogP contribution in [0.25, 0.3) is 0 Å². The molecule has 0 aromatic heterocycles. The number of esters is 1. The monoisotopic (exact) mass is 344 g/mol. The van der Waals surface area contributed by atoms with E-state index in [0.29, 0.717) is 30.6 Å². The molecule has 0 radical (unpaired) electrons. The van der Waals surface area contributed by atoms with Gasteiger partial charge in [-0.3, -0.25) is 0 Å². The molecule has 5 nitrogen and oxygen atoms in total. The summed E-state index contributed by atoms with van der Waals surface area (Å²) in [6.45, 7) is 3.31. The Morgan fingerprint density at radius 2 is 1.79 bits per heavy atom. The summed E-state index contributed by atoms with van der Waals surface area (Å²) in [7, 11) is 3.31. The molecule has 2 aliphatic heterocycles. The van der Waals surface area contributed by atoms with Crippen LogP contribution in [0.4, 0.5) is 18.9 Å². The number of hydrogen-bond donors (Lipinski definition) is 0. The van der Waals surface area contributed by atoms with Crippen molar-refractivity contribution in [2.24, 2.45) is 11.8 Å². The molecule has 0 saturated carbocycles. The Balaban J connectivity index is 1.89. The lowest BCUT2D eigenvalue weighted by Gasteiger charge is -2.24. The van der Waals surface area contributed by atoms with Crippen molar-refractivity contribution >= 4 is 11.7 Å². The summed E-state index contributed by atoms with van der Waals surface area (Å²) >= 11 is 0. The average Bonchev–Trinajstić information content (AvgIpc) is 3.01. The topological polar surface area (TPSA) is 42.0 Å². The molecule has 0 N–H and O–H groups in total. The van der Waals surface area contributed by atoms with Gasteiger partial charge in [-0.25, -0.2) is 4.79 Å². The van der Waals surface area contributed by atoms with Crippen molar-refractivity contribution in [1.29, 1.82) is 0 Å². The predicted octanol–water partition coefficient (Wildman–Crippen LogP) is 2.37. The molecule has 8 heteroatoms. The number of methoxy groups -OCH3 is 1. The van der Waals surface area contributed by atoms with E-state index in [1.54, 1.807) is 0 Å². The number of halogens is 3. The number of carbonyl (C=O) groups excluding carboxylic acids is 1. The standard InChI is InChI=1S/C16H19F3N2O3/c1-20-6-10-8-21(9-11(10)7-20)14-5-12(24-16(17,18)19)3-4-13(14)15(22)23-2/h3-5,10-11H,6-9H2,1-2H3/t10-,11+. The minimum absolute atomic E-state index is 0.250. The molecule has 1 aromatic carbocycles. The third kappa shape index (κ3) is 3.43. The molecule has 3 rings (SSSR count). The van der Waals surface area contributed by atoms with Gasteiger partial charge in [0.2, 0.25) is 0 Å². The summed E-state index contributed by atoms with van der Waals surface area (Å²) in [6, 6.07) is 3.72. The van der Waals surface area contributed by atoms with Crippen molar-refractivity contribution in [3.8, 4) is 5.75 Å². The van der Waals surface area contributed by atoms with E-state index in [1.807, 2.05) is 4.90 Å². The number of hydrogen-bond acceptors (Lipinski definition) is 5. The lowest BCUT2D eigenvalue weighted by Crippen LogP contribution is -2.28. The van der Waals surface area contributed by atoms with Crippen LogP contribution < -0.4 is 9.64 Å². The van der Waals surface area contributed by atoms with E-state index in [-0.39, 0.29) is 11.3 Å². The number of carbonyl (C=O) groups is 1. The van der Waals surface area contributed by atoms with Crippen LogP contribution in [0.3, 0.4) is 0 Å². The molecule has 0 amide bonds. The zero-order chi connectivity index (χ0) is 17.5. The highest BCUT2D eigenvalue weighted by Crippen LogP contribution is 2.37. The summed E-state index contributed by atoms with van der Waals surface area (Å²) < 4.78 is 46.2. The number of alkyl halides is 3. The number of rotatable bonds is 3. The van der Waals surface area contributed by atoms with Gasteiger partial charge in [0.15, 0.2) is 0 Å². The van der Waals surface area contributed by atoms with Crippen LogP contribution in [0.5, 0.6) is 5.75 Å². The molecular weight excluding hydrogens is 325 g/mol. The zero-order valence-corrected chi connectivity index (χ0v) is 13.5. The number of ether oxygens (including phenoxy) is 2. The van der Waals surface area contributed by atoms with Gasteiger partial charge in [-0.1, -0.05) is 0 Å². The molecule has 0 spiro atoms. The van der Waals surface area contributed by atoms with Crippen molar-refractivity contribution in [1.82, 2.24) is 4.90 Å². The molecule has 2 atom stereocenters. The van der Waals surface area contributed by atoms with Gasteiger partial charge in [-0.05, 0) is 31.0 Å². The highest BCUT2D eigenvalue weighted by atomic mass is 19.4. The van der Waals surface area contributed by atoms with Gasteiger partial charge in [0.05, 0.1) is 18.4 Å². The smallest absolute Gasteiger partial charge is 0.465 e. The van der Waals surface area contributed by atoms with Crippen molar-refractivity contribution in [3.63, 3.8) is 0 Å². The average molecular weight is 344 g/mol. The second-order valence-electron chi connectivity index (χ2n) is 6.36. The van der Waals surface area contributed by atoms with E-state index in [9.17, 15) is 18.0 Å². The van der Waals surface area contributed by atoms with Crippen LogP contribution in [0.2, 0.25) is 0 Å². The summed E-state index contributed by atoms with van der Waals surface area (Å²) in [6.07, 6.45) is -4.77. The van der Waals surface area contributed by atoms with E-state index in [0.717, 1.165) is 19.2 Å². The third-order valence-corrected chi connectivity index (χ3v) is 4.62. The van der Waals surface area contributed by atoms with Gasteiger partial charge in [-0.15, -0.1) is 13.2 Å². The highest BCUT2D eigenvalue weighted by molar-refractivity contribution is 5.96. The first-order valence-electron chi connectivity index (χ1n) is 7.68. The SMILES string of the molecule is COC(=O)c1ccc(OC(F)(F)F)cc1N1C[C@H]2CN(C)C[C@H]2C1. The molecule has 0 unspecified atom stereocenters. The number of fused-ring (bicyclic) bond motifs is 1. The maximum atomic E-state index is 12.5. The van der Waals surface area contributed by atoms with Gasteiger partial charge >= 0.3 is 12.3 Å². The maximum Gasteiger partial charge on any atom is 0.573 e. The lowest BCUT2D eigenvalue weighted by molar-refractivity contribution is -0.274. The zero-order valence-electron chi connectivity index (χ0n) is 13.5. The molecule has 1 aromatic rings. The van der Waals surface area contributed by atoms with Crippen molar-refractivity contribution in [3.05, 3.63) is 23.8 Å². The maximum absolute atomic E-state index is 12.5. The van der Waals surface area contributed by atoms with E-state index in [1.165, 1.54) is 19.2 Å². The van der Waals surface area contributed by atoms with Crippen LogP contribution in [0.1, 0.15) is 10.4 Å². The first-order chi connectivity index (χ1) is 11.3. The summed E-state index contributed by atoms with van der Waals surface area (Å²) in [5, 5.41) is 0. The minimum Gasteiger partial charge on any atom is -0.465 e. The Morgan fingerprint density at radius 1 is 1.17 bits per heavy atom. The molecule has 2 saturated heterocycles. The van der Waals surface area contributed by atoms with Gasteiger partial charge in [0.25, 0.3) is 0 Å². The van der Waals surface area contributed by atoms with Crippen LogP contribution in [-0.2, 0) is 4.74 Å². The summed E-state index contributed by atoms with van der Waals surface area (Å²) in [4.78, 5) is 16.2. The Morgan fingerprint density at radius 3 is 2.33 bits per heavy atom. The Kier molecular flexibility index (Phi) is 4.33. The molecule has 2 aliphatic rings. The quantitative estimate of drug-likeness (QED) is 0.788. The number of anilines is 1. The number of nitrogens with zero attached hydrogens (tertiary/aromatic N) is 2. The molecule has 0 bridgehead atoms. The third-order valence-electron chi connectivity index (χ3n) is 4.62. The van der Waals surface area contributed by atoms with Crippen LogP contribution in [0, 0.1) is 11.8 Å². The lowest BCUT2D eigenvalue weighted by atomic mass is 10.0. The molecule has 0 aliphatic carbocycles. The summed E-state index contributed by atoms with van der Waals surface area (Å²) in [5.74, 6) is -0.00237. The fraction of sp³-hybridized carbons (Fsp3) is 0.562. The minimum atomic E-state index is -4.77. The fourth-order valence-electron chi connectivity index (χ4n) is 3.68. The second-order valence-corrected chi connectivity index (χ2v) is 6.36. The first-order valence-corrected chi connectivity index (χ1v) is 7.68. The van der Waals surface area contributed by atoms with E-state index in [2.05, 4.69) is 16.7 Å². The molecule has 2 fully saturated rings. The molecule has 2 heterocycles. The Hall–Kier alpha value is -1.96. The number of likely N-dealkylation sites (tertiary alicyclic amines) is 1. The normalized spacial score (nSPS) is 24.1. The number of benzene rings is 1. The van der Waals surface area contributed by atoms with Gasteiger partial charge < -0.3 is 19.3 Å². The second kappa shape index (κ2) is 6.16. The molecule has 24 heavy (non-hydrogen) atoms. The molecular formula is C16H19F3N2O3. The van der Waals surface area contributed by atoms with Crippen LogP contribution in [0.15, 0.2) is 18.2 Å². The first kappa shape index (κ1) is 16.9. The fourth-order valence-corrected chi connectivity index (χ4v) is 3.68. The summed E-state index contributed by atoms with van der Waals surface area (Å²) in [5.41, 5.74) is 0.681. The van der Waals surface area contributed by atoms with E-state index < -0.39 is 12.3 Å².